The van der Waals surface area contributed by atoms with Crippen LogP contribution in [0, 0.1) is 20.8 Å². The van der Waals surface area contributed by atoms with E-state index in [2.05, 4.69) is 24.0 Å². The Morgan fingerprint density at radius 3 is 2.24 bits per heavy atom. The fourth-order valence-electron chi connectivity index (χ4n) is 2.77. The summed E-state index contributed by atoms with van der Waals surface area (Å²) in [5.74, 6) is 0.441. The fourth-order valence-corrected chi connectivity index (χ4v) is 2.77. The lowest BCUT2D eigenvalue weighted by Crippen LogP contribution is -2.36. The monoisotopic (exact) mass is 283 g/mol. The highest BCUT2D eigenvalue weighted by molar-refractivity contribution is 5.90. The normalized spacial score (nSPS) is 11.5. The minimum absolute atomic E-state index is 0.293. The molecule has 3 rings (SSSR count). The molecule has 2 aliphatic heterocycles. The Labute approximate surface area is 121 Å². The van der Waals surface area contributed by atoms with Gasteiger partial charge in [-0.15, -0.1) is 0 Å². The summed E-state index contributed by atoms with van der Waals surface area (Å²) >= 11 is 0. The molecule has 0 spiro atoms. The molecule has 5 heteroatoms. The molecule has 0 aliphatic carbocycles. The summed E-state index contributed by atoms with van der Waals surface area (Å²) in [6.07, 6.45) is 0. The van der Waals surface area contributed by atoms with E-state index in [4.69, 9.17) is 0 Å². The highest BCUT2D eigenvalue weighted by Gasteiger charge is 2.20. The van der Waals surface area contributed by atoms with Crippen LogP contribution in [0.15, 0.2) is 21.7 Å². The molecular weight excluding hydrogens is 266 g/mol. The maximum atomic E-state index is 12.4. The Bertz CT molecular complexity index is 980. The van der Waals surface area contributed by atoms with E-state index in [9.17, 15) is 9.59 Å². The molecule has 108 valence electrons. The van der Waals surface area contributed by atoms with E-state index >= 15 is 0 Å². The standard InChI is InChI=1S/C16H17N3O2/c1-8-6-11-10(3)13-14(17-16(21)19(5)15(13)20)18(4)12(11)7-9(8)2/h6-7H,1-5H3. The van der Waals surface area contributed by atoms with Gasteiger partial charge in [-0.1, -0.05) is 0 Å². The Morgan fingerprint density at radius 2 is 1.57 bits per heavy atom. The molecule has 0 saturated carbocycles. The van der Waals surface area contributed by atoms with Gasteiger partial charge in [0.05, 0.1) is 5.56 Å². The number of fused-ring (bicyclic) bond motifs is 2. The lowest BCUT2D eigenvalue weighted by molar-refractivity contribution is 0.755. The molecule has 2 heterocycles. The zero-order valence-electron chi connectivity index (χ0n) is 12.8. The molecular formula is C16H17N3O2. The summed E-state index contributed by atoms with van der Waals surface area (Å²) in [6.45, 7) is 6.01. The Morgan fingerprint density at radius 1 is 0.952 bits per heavy atom. The van der Waals surface area contributed by atoms with Gasteiger partial charge in [0.15, 0.2) is 5.82 Å². The molecule has 0 radical (unpaired) electrons. The van der Waals surface area contributed by atoms with Crippen molar-refractivity contribution in [1.82, 2.24) is 14.1 Å². The van der Waals surface area contributed by atoms with Crippen molar-refractivity contribution in [2.24, 2.45) is 14.1 Å². The molecule has 1 aromatic carbocycles. The smallest absolute Gasteiger partial charge is 0.328 e. The van der Waals surface area contributed by atoms with Crippen LogP contribution >= 0.6 is 0 Å². The van der Waals surface area contributed by atoms with E-state index < -0.39 is 5.69 Å². The molecule has 1 aromatic rings. The summed E-state index contributed by atoms with van der Waals surface area (Å²) in [6, 6.07) is 4.16. The average molecular weight is 283 g/mol. The van der Waals surface area contributed by atoms with Gasteiger partial charge < -0.3 is 4.57 Å². The minimum atomic E-state index is -0.523. The first-order valence-electron chi connectivity index (χ1n) is 6.80. The van der Waals surface area contributed by atoms with E-state index in [1.165, 1.54) is 18.2 Å². The van der Waals surface area contributed by atoms with Gasteiger partial charge in [0, 0.05) is 25.0 Å². The van der Waals surface area contributed by atoms with Crippen LogP contribution in [0.1, 0.15) is 16.7 Å². The van der Waals surface area contributed by atoms with Crippen molar-refractivity contribution < 1.29 is 0 Å². The van der Waals surface area contributed by atoms with Crippen molar-refractivity contribution >= 4 is 10.9 Å². The second-order valence-electron chi connectivity index (χ2n) is 5.59. The first-order valence-corrected chi connectivity index (χ1v) is 6.80. The molecule has 0 amide bonds. The van der Waals surface area contributed by atoms with Crippen LogP contribution < -0.4 is 11.2 Å². The van der Waals surface area contributed by atoms with Crippen LogP contribution in [0.4, 0.5) is 0 Å². The van der Waals surface area contributed by atoms with Crippen molar-refractivity contribution in [2.75, 3.05) is 0 Å². The van der Waals surface area contributed by atoms with Gasteiger partial charge in [0.2, 0.25) is 0 Å². The molecule has 0 N–H and O–H groups in total. The third kappa shape index (κ3) is 1.73. The molecule has 21 heavy (non-hydrogen) atoms. The predicted octanol–water partition coefficient (Wildman–Crippen LogP) is 1.66. The maximum Gasteiger partial charge on any atom is 0.352 e. The van der Waals surface area contributed by atoms with Crippen molar-refractivity contribution in [3.05, 3.63) is 49.7 Å². The molecule has 0 aromatic heterocycles. The number of rotatable bonds is 0. The number of nitrogens with zero attached hydrogens (tertiary/aromatic N) is 3. The first-order chi connectivity index (χ1) is 9.82. The maximum absolute atomic E-state index is 12.4. The van der Waals surface area contributed by atoms with Gasteiger partial charge in [-0.3, -0.25) is 9.36 Å². The molecule has 0 saturated heterocycles. The highest BCUT2D eigenvalue weighted by atomic mass is 16.2. The zero-order chi connectivity index (χ0) is 15.5. The van der Waals surface area contributed by atoms with Crippen molar-refractivity contribution in [3.63, 3.8) is 0 Å². The summed E-state index contributed by atoms with van der Waals surface area (Å²) in [7, 11) is 3.30. The van der Waals surface area contributed by atoms with Crippen LogP contribution in [-0.4, -0.2) is 14.1 Å². The summed E-state index contributed by atoms with van der Waals surface area (Å²) < 4.78 is 2.88. The zero-order valence-corrected chi connectivity index (χ0v) is 12.8. The number of hydrogen-bond donors (Lipinski definition) is 0. The SMILES string of the molecule is Cc1cc2c(C)c3c(=O)n(C)c(=O)nc-3n(C)c2cc1C. The topological polar surface area (TPSA) is 56.9 Å². The molecule has 2 aliphatic rings. The third-order valence-corrected chi connectivity index (χ3v) is 4.30. The van der Waals surface area contributed by atoms with E-state index in [1.807, 2.05) is 25.5 Å². The van der Waals surface area contributed by atoms with Gasteiger partial charge in [0.25, 0.3) is 5.56 Å². The third-order valence-electron chi connectivity index (χ3n) is 4.30. The number of aromatic nitrogens is 3. The van der Waals surface area contributed by atoms with E-state index in [1.54, 1.807) is 0 Å². The quantitative estimate of drug-likeness (QED) is 0.590. The Kier molecular flexibility index (Phi) is 2.76. The molecule has 0 bridgehead atoms. The van der Waals surface area contributed by atoms with Crippen LogP contribution in [0.2, 0.25) is 0 Å². The van der Waals surface area contributed by atoms with Gasteiger partial charge in [-0.25, -0.2) is 4.79 Å². The second kappa shape index (κ2) is 4.28. The lowest BCUT2D eigenvalue weighted by Gasteiger charge is -2.18. The van der Waals surface area contributed by atoms with Crippen molar-refractivity contribution in [3.8, 4) is 11.4 Å². The first kappa shape index (κ1) is 13.5. The molecule has 0 unspecified atom stereocenters. The Balaban J connectivity index is 2.70. The Hall–Kier alpha value is -2.43. The van der Waals surface area contributed by atoms with Gasteiger partial charge in [0.1, 0.15) is 0 Å². The number of hydrogen-bond acceptors (Lipinski definition) is 3. The van der Waals surface area contributed by atoms with E-state index in [-0.39, 0.29) is 5.56 Å². The molecule has 0 fully saturated rings. The average Bonchev–Trinajstić information content (AvgIpc) is 2.44. The summed E-state index contributed by atoms with van der Waals surface area (Å²) in [4.78, 5) is 28.3. The van der Waals surface area contributed by atoms with Crippen molar-refractivity contribution in [2.45, 2.75) is 20.8 Å². The van der Waals surface area contributed by atoms with Gasteiger partial charge in [-0.05, 0) is 49.6 Å². The van der Waals surface area contributed by atoms with Gasteiger partial charge >= 0.3 is 5.69 Å². The second-order valence-corrected chi connectivity index (χ2v) is 5.59. The number of aryl methyl sites for hydroxylation is 4. The van der Waals surface area contributed by atoms with Crippen LogP contribution in [-0.2, 0) is 14.1 Å². The molecule has 5 nitrogen and oxygen atoms in total. The highest BCUT2D eigenvalue weighted by Crippen LogP contribution is 2.29. The minimum Gasteiger partial charge on any atom is -0.328 e. The number of pyridine rings is 1. The lowest BCUT2D eigenvalue weighted by atomic mass is 9.98. The predicted molar refractivity (Wildman–Crippen MR) is 83.1 cm³/mol. The van der Waals surface area contributed by atoms with Crippen molar-refractivity contribution in [1.29, 1.82) is 0 Å². The van der Waals surface area contributed by atoms with E-state index in [0.29, 0.717) is 11.4 Å². The van der Waals surface area contributed by atoms with Crippen LogP contribution in [0.3, 0.4) is 0 Å². The largest absolute Gasteiger partial charge is 0.352 e. The summed E-state index contributed by atoms with van der Waals surface area (Å²) in [5.41, 5.74) is 3.88. The van der Waals surface area contributed by atoms with Crippen LogP contribution in [0.25, 0.3) is 22.3 Å². The fraction of sp³-hybridized carbons (Fsp3) is 0.312. The summed E-state index contributed by atoms with van der Waals surface area (Å²) in [5, 5.41) is 1.02. The van der Waals surface area contributed by atoms with Gasteiger partial charge in [-0.2, -0.15) is 4.98 Å². The van der Waals surface area contributed by atoms with Crippen LogP contribution in [0.5, 0.6) is 0 Å². The van der Waals surface area contributed by atoms with E-state index in [0.717, 1.165) is 21.0 Å². The molecule has 0 atom stereocenters. The number of benzene rings is 1.